The van der Waals surface area contributed by atoms with E-state index in [1.165, 1.54) is 0 Å². The zero-order chi connectivity index (χ0) is 16.5. The molecule has 0 radical (unpaired) electrons. The molecule has 0 heterocycles. The van der Waals surface area contributed by atoms with Gasteiger partial charge in [-0.25, -0.2) is 0 Å². The number of hydrogen-bond acceptors (Lipinski definition) is 5. The van der Waals surface area contributed by atoms with Crippen molar-refractivity contribution in [1.82, 2.24) is 4.90 Å². The molecular formula is C16H21N3O3. The maximum atomic E-state index is 12.1. The Morgan fingerprint density at radius 2 is 2.18 bits per heavy atom. The van der Waals surface area contributed by atoms with Crippen molar-refractivity contribution in [1.29, 1.82) is 5.26 Å². The number of hydrogen-bond donors (Lipinski definition) is 3. The number of aliphatic hydroxyl groups excluding tert-OH is 1. The molecule has 0 spiro atoms. The number of fused-ring (bicyclic) bond motifs is 1. The van der Waals surface area contributed by atoms with E-state index >= 15 is 0 Å². The number of likely N-dealkylation sites (N-methyl/N-ethyl adjacent to an activating group) is 1. The van der Waals surface area contributed by atoms with Gasteiger partial charge in [0.05, 0.1) is 29.9 Å². The molecule has 2 rings (SSSR count). The van der Waals surface area contributed by atoms with Gasteiger partial charge in [0.1, 0.15) is 0 Å². The molecule has 3 N–H and O–H groups in total. The van der Waals surface area contributed by atoms with Gasteiger partial charge in [-0.05, 0) is 44.3 Å². The van der Waals surface area contributed by atoms with Gasteiger partial charge in [-0.15, -0.1) is 0 Å². The minimum Gasteiger partial charge on any atom is -0.393 e. The molecule has 0 aliphatic heterocycles. The van der Waals surface area contributed by atoms with Crippen LogP contribution in [0, 0.1) is 11.3 Å². The fourth-order valence-corrected chi connectivity index (χ4v) is 2.61. The number of amides is 1. The van der Waals surface area contributed by atoms with E-state index in [0.717, 1.165) is 11.1 Å². The summed E-state index contributed by atoms with van der Waals surface area (Å²) in [5.74, 6) is -0.163. The number of rotatable bonds is 4. The standard InChI is InChI=1S/C16H21N3O3/c1-10(19(2)3)15(21)18-13-4-11-6-16(22,9-20)7-14(11)12(5-13)8-17/h4-5,10,20,22H,6-7,9H2,1-3H3,(H,18,21). The summed E-state index contributed by atoms with van der Waals surface area (Å²) < 4.78 is 0. The maximum Gasteiger partial charge on any atom is 0.241 e. The van der Waals surface area contributed by atoms with Gasteiger partial charge >= 0.3 is 0 Å². The van der Waals surface area contributed by atoms with Crippen LogP contribution >= 0.6 is 0 Å². The largest absolute Gasteiger partial charge is 0.393 e. The Labute approximate surface area is 130 Å². The molecule has 0 saturated heterocycles. The molecule has 1 amide bonds. The average molecular weight is 303 g/mol. The van der Waals surface area contributed by atoms with Crippen LogP contribution in [0.2, 0.25) is 0 Å². The molecule has 118 valence electrons. The first-order valence-corrected chi connectivity index (χ1v) is 7.16. The van der Waals surface area contributed by atoms with Crippen LogP contribution in [0.25, 0.3) is 0 Å². The first kappa shape index (κ1) is 16.4. The Morgan fingerprint density at radius 1 is 1.50 bits per heavy atom. The highest BCUT2D eigenvalue weighted by Crippen LogP contribution is 2.34. The van der Waals surface area contributed by atoms with Crippen molar-refractivity contribution < 1.29 is 15.0 Å². The lowest BCUT2D eigenvalue weighted by Gasteiger charge is -2.19. The van der Waals surface area contributed by atoms with Crippen molar-refractivity contribution >= 4 is 11.6 Å². The zero-order valence-corrected chi connectivity index (χ0v) is 13.1. The van der Waals surface area contributed by atoms with Crippen LogP contribution < -0.4 is 5.32 Å². The summed E-state index contributed by atoms with van der Waals surface area (Å²) in [6.45, 7) is 1.43. The van der Waals surface area contributed by atoms with E-state index in [-0.39, 0.29) is 31.4 Å². The number of nitriles is 1. The Kier molecular flexibility index (Phi) is 4.52. The zero-order valence-electron chi connectivity index (χ0n) is 13.1. The maximum absolute atomic E-state index is 12.1. The van der Waals surface area contributed by atoms with E-state index in [9.17, 15) is 20.3 Å². The normalized spacial score (nSPS) is 21.3. The van der Waals surface area contributed by atoms with Gasteiger partial charge in [-0.3, -0.25) is 9.69 Å². The molecule has 6 heteroatoms. The highest BCUT2D eigenvalue weighted by molar-refractivity contribution is 5.94. The molecule has 6 nitrogen and oxygen atoms in total. The average Bonchev–Trinajstić information content (AvgIpc) is 2.82. The Balaban J connectivity index is 2.29. The molecule has 0 fully saturated rings. The summed E-state index contributed by atoms with van der Waals surface area (Å²) in [6, 6.07) is 5.18. The van der Waals surface area contributed by atoms with Crippen molar-refractivity contribution in [2.45, 2.75) is 31.4 Å². The third kappa shape index (κ3) is 3.12. The van der Waals surface area contributed by atoms with Crippen molar-refractivity contribution in [2.75, 3.05) is 26.0 Å². The van der Waals surface area contributed by atoms with Crippen LogP contribution in [0.5, 0.6) is 0 Å². The number of carbonyl (C=O) groups excluding carboxylic acids is 1. The fraction of sp³-hybridized carbons (Fsp3) is 0.500. The van der Waals surface area contributed by atoms with Crippen LogP contribution in [0.1, 0.15) is 23.6 Å². The third-order valence-corrected chi connectivity index (χ3v) is 4.20. The summed E-state index contributed by atoms with van der Waals surface area (Å²) in [4.78, 5) is 13.9. The lowest BCUT2D eigenvalue weighted by molar-refractivity contribution is -0.119. The second kappa shape index (κ2) is 6.05. The topological polar surface area (TPSA) is 96.6 Å². The van der Waals surface area contributed by atoms with Crippen LogP contribution in [0.4, 0.5) is 5.69 Å². The van der Waals surface area contributed by atoms with Crippen molar-refractivity contribution in [2.24, 2.45) is 0 Å². The fourth-order valence-electron chi connectivity index (χ4n) is 2.61. The molecule has 22 heavy (non-hydrogen) atoms. The first-order chi connectivity index (χ1) is 10.3. The number of nitrogens with zero attached hydrogens (tertiary/aromatic N) is 2. The van der Waals surface area contributed by atoms with E-state index in [1.54, 1.807) is 24.0 Å². The SMILES string of the molecule is CC(C(=O)Nc1cc(C#N)c2c(c1)CC(O)(CO)C2)N(C)C. The molecule has 0 aromatic heterocycles. The highest BCUT2D eigenvalue weighted by atomic mass is 16.3. The van der Waals surface area contributed by atoms with Crippen LogP contribution in [0.15, 0.2) is 12.1 Å². The Morgan fingerprint density at radius 3 is 2.73 bits per heavy atom. The van der Waals surface area contributed by atoms with E-state index in [1.807, 2.05) is 14.1 Å². The second-order valence-electron chi connectivity index (χ2n) is 6.14. The lowest BCUT2D eigenvalue weighted by atomic mass is 10.0. The molecule has 1 aliphatic carbocycles. The number of anilines is 1. The predicted molar refractivity (Wildman–Crippen MR) is 82.4 cm³/mol. The number of nitrogens with one attached hydrogen (secondary N) is 1. The Hall–Kier alpha value is -1.94. The highest BCUT2D eigenvalue weighted by Gasteiger charge is 2.36. The van der Waals surface area contributed by atoms with Gasteiger partial charge in [0.25, 0.3) is 0 Å². The third-order valence-electron chi connectivity index (χ3n) is 4.20. The van der Waals surface area contributed by atoms with Crippen molar-refractivity contribution in [3.05, 3.63) is 28.8 Å². The molecule has 1 aromatic carbocycles. The van der Waals surface area contributed by atoms with Gasteiger partial charge in [-0.1, -0.05) is 0 Å². The quantitative estimate of drug-likeness (QED) is 0.742. The molecule has 0 saturated carbocycles. The second-order valence-corrected chi connectivity index (χ2v) is 6.14. The van der Waals surface area contributed by atoms with Gasteiger partial charge in [0.2, 0.25) is 5.91 Å². The molecule has 0 bridgehead atoms. The van der Waals surface area contributed by atoms with E-state index in [2.05, 4.69) is 11.4 Å². The molecule has 2 unspecified atom stereocenters. The monoisotopic (exact) mass is 303 g/mol. The van der Waals surface area contributed by atoms with Crippen LogP contribution in [-0.4, -0.2) is 53.4 Å². The van der Waals surface area contributed by atoms with E-state index in [0.29, 0.717) is 11.3 Å². The van der Waals surface area contributed by atoms with Gasteiger partial charge < -0.3 is 15.5 Å². The van der Waals surface area contributed by atoms with E-state index < -0.39 is 5.60 Å². The Bertz CT molecular complexity index is 636. The minimum atomic E-state index is -1.21. The predicted octanol–water partition coefficient (Wildman–Crippen LogP) is 0.269. The first-order valence-electron chi connectivity index (χ1n) is 7.16. The minimum absolute atomic E-state index is 0.163. The van der Waals surface area contributed by atoms with Crippen LogP contribution in [0.3, 0.4) is 0 Å². The smallest absolute Gasteiger partial charge is 0.241 e. The summed E-state index contributed by atoms with van der Waals surface area (Å²) in [5.41, 5.74) is 1.29. The number of carbonyl (C=O) groups is 1. The lowest BCUT2D eigenvalue weighted by Crippen LogP contribution is -2.37. The van der Waals surface area contributed by atoms with Crippen molar-refractivity contribution in [3.63, 3.8) is 0 Å². The summed E-state index contributed by atoms with van der Waals surface area (Å²) >= 11 is 0. The molecular weight excluding hydrogens is 282 g/mol. The van der Waals surface area contributed by atoms with Crippen molar-refractivity contribution in [3.8, 4) is 6.07 Å². The number of aliphatic hydroxyl groups is 2. The van der Waals surface area contributed by atoms with Crippen LogP contribution in [-0.2, 0) is 17.6 Å². The van der Waals surface area contributed by atoms with Gasteiger partial charge in [0, 0.05) is 18.5 Å². The number of benzene rings is 1. The summed E-state index contributed by atoms with van der Waals surface area (Å²) in [6.07, 6.45) is 0.532. The molecule has 2 atom stereocenters. The molecule has 1 aliphatic rings. The van der Waals surface area contributed by atoms with E-state index in [4.69, 9.17) is 0 Å². The molecule has 1 aromatic rings. The van der Waals surface area contributed by atoms with Gasteiger partial charge in [-0.2, -0.15) is 5.26 Å². The summed E-state index contributed by atoms with van der Waals surface area (Å²) in [7, 11) is 3.63. The summed E-state index contributed by atoms with van der Waals surface area (Å²) in [5, 5.41) is 31.6. The van der Waals surface area contributed by atoms with Gasteiger partial charge in [0.15, 0.2) is 0 Å².